The van der Waals surface area contributed by atoms with Gasteiger partial charge in [0.15, 0.2) is 5.82 Å². The van der Waals surface area contributed by atoms with Crippen LogP contribution in [-0.2, 0) is 5.41 Å². The fourth-order valence-electron chi connectivity index (χ4n) is 1.61. The summed E-state index contributed by atoms with van der Waals surface area (Å²) in [7, 11) is 0. The number of hydrogen-bond acceptors (Lipinski definition) is 3. The number of halogens is 3. The van der Waals surface area contributed by atoms with Crippen LogP contribution in [0.3, 0.4) is 0 Å². The molecule has 2 aromatic heterocycles. The summed E-state index contributed by atoms with van der Waals surface area (Å²) in [5, 5.41) is 6.64. The quantitative estimate of drug-likeness (QED) is 0.913. The highest BCUT2D eigenvalue weighted by molar-refractivity contribution is 5.68. The minimum absolute atomic E-state index is 0.173. The lowest BCUT2D eigenvalue weighted by molar-refractivity contribution is -0.115. The first-order valence-corrected chi connectivity index (χ1v) is 5.82. The lowest BCUT2D eigenvalue weighted by Gasteiger charge is -2.13. The molecule has 1 N–H and O–H groups in total. The van der Waals surface area contributed by atoms with Gasteiger partial charge in [-0.2, -0.15) is 18.3 Å². The van der Waals surface area contributed by atoms with Crippen LogP contribution < -0.4 is 5.32 Å². The second-order valence-electron chi connectivity index (χ2n) is 5.35. The topological polar surface area (TPSA) is 42.2 Å². The highest BCUT2D eigenvalue weighted by atomic mass is 19.4. The van der Waals surface area contributed by atoms with Gasteiger partial charge >= 0.3 is 6.18 Å². The normalized spacial score (nSPS) is 12.9. The number of rotatable bonds is 2. The van der Waals surface area contributed by atoms with Gasteiger partial charge in [-0.05, 0) is 6.07 Å². The van der Waals surface area contributed by atoms with E-state index in [0.29, 0.717) is 5.52 Å². The molecule has 0 aliphatic heterocycles. The molecule has 0 aliphatic rings. The smallest absolute Gasteiger partial charge is 0.359 e. The Morgan fingerprint density at radius 3 is 2.53 bits per heavy atom. The molecule has 0 aliphatic carbocycles. The van der Waals surface area contributed by atoms with Gasteiger partial charge in [0.1, 0.15) is 12.1 Å². The molecule has 0 amide bonds. The van der Waals surface area contributed by atoms with Gasteiger partial charge in [0.25, 0.3) is 0 Å². The molecule has 4 nitrogen and oxygen atoms in total. The second-order valence-corrected chi connectivity index (χ2v) is 5.35. The third kappa shape index (κ3) is 3.15. The van der Waals surface area contributed by atoms with Gasteiger partial charge in [-0.25, -0.2) is 9.50 Å². The number of anilines is 1. The van der Waals surface area contributed by atoms with Crippen molar-refractivity contribution in [2.45, 2.75) is 32.4 Å². The Kier molecular flexibility index (Phi) is 3.15. The van der Waals surface area contributed by atoms with Crippen LogP contribution in [0.4, 0.5) is 19.0 Å². The molecule has 0 unspecified atom stereocenters. The number of hydrogen-bond donors (Lipinski definition) is 1. The number of fused-ring (bicyclic) bond motifs is 1. The van der Waals surface area contributed by atoms with E-state index >= 15 is 0 Å². The SMILES string of the molecule is CC(C)(C)c1cc2c(NCC(F)(F)F)nccn2n1. The summed E-state index contributed by atoms with van der Waals surface area (Å²) in [5.41, 5.74) is 1.17. The zero-order chi connectivity index (χ0) is 14.3. The molecule has 19 heavy (non-hydrogen) atoms. The predicted molar refractivity (Wildman–Crippen MR) is 66.2 cm³/mol. The van der Waals surface area contributed by atoms with Crippen LogP contribution >= 0.6 is 0 Å². The lowest BCUT2D eigenvalue weighted by atomic mass is 9.92. The van der Waals surface area contributed by atoms with Crippen LogP contribution in [-0.4, -0.2) is 27.3 Å². The average molecular weight is 272 g/mol. The number of nitrogens with zero attached hydrogens (tertiary/aromatic N) is 3. The highest BCUT2D eigenvalue weighted by Gasteiger charge is 2.27. The first-order chi connectivity index (χ1) is 8.67. The zero-order valence-corrected chi connectivity index (χ0v) is 10.9. The third-order valence-electron chi connectivity index (χ3n) is 2.61. The summed E-state index contributed by atoms with van der Waals surface area (Å²) in [4.78, 5) is 3.93. The van der Waals surface area contributed by atoms with Gasteiger partial charge in [-0.15, -0.1) is 0 Å². The molecule has 0 bridgehead atoms. The molecule has 2 heterocycles. The van der Waals surface area contributed by atoms with E-state index < -0.39 is 12.7 Å². The van der Waals surface area contributed by atoms with E-state index in [1.165, 1.54) is 10.7 Å². The molecule has 0 radical (unpaired) electrons. The standard InChI is InChI=1S/C12H15F3N4/c1-11(2,3)9-6-8-10(17-7-12(13,14)15)16-4-5-19(8)18-9/h4-6H,7H2,1-3H3,(H,16,17). The van der Waals surface area contributed by atoms with Crippen molar-refractivity contribution in [1.29, 1.82) is 0 Å². The molecule has 0 spiro atoms. The van der Waals surface area contributed by atoms with Gasteiger partial charge in [0.2, 0.25) is 0 Å². The van der Waals surface area contributed by atoms with Crippen LogP contribution in [0.1, 0.15) is 26.5 Å². The van der Waals surface area contributed by atoms with Crippen molar-refractivity contribution < 1.29 is 13.2 Å². The monoisotopic (exact) mass is 272 g/mol. The summed E-state index contributed by atoms with van der Waals surface area (Å²) < 4.78 is 38.2. The Morgan fingerprint density at radius 1 is 1.26 bits per heavy atom. The zero-order valence-electron chi connectivity index (χ0n) is 10.9. The summed E-state index contributed by atoms with van der Waals surface area (Å²) in [6, 6.07) is 1.76. The van der Waals surface area contributed by atoms with E-state index in [1.807, 2.05) is 20.8 Å². The van der Waals surface area contributed by atoms with Gasteiger partial charge in [0, 0.05) is 17.8 Å². The van der Waals surface area contributed by atoms with E-state index in [4.69, 9.17) is 0 Å². The van der Waals surface area contributed by atoms with Crippen molar-refractivity contribution >= 4 is 11.3 Å². The van der Waals surface area contributed by atoms with Crippen LogP contribution in [0.15, 0.2) is 18.5 Å². The minimum atomic E-state index is -4.28. The Morgan fingerprint density at radius 2 is 1.95 bits per heavy atom. The number of nitrogens with one attached hydrogen (secondary N) is 1. The van der Waals surface area contributed by atoms with Crippen LogP contribution in [0.5, 0.6) is 0 Å². The van der Waals surface area contributed by atoms with Gasteiger partial charge in [-0.3, -0.25) is 0 Å². The Bertz CT molecular complexity index is 581. The Hall–Kier alpha value is -1.79. The van der Waals surface area contributed by atoms with Crippen molar-refractivity contribution in [3.8, 4) is 0 Å². The van der Waals surface area contributed by atoms with Crippen molar-refractivity contribution in [2.24, 2.45) is 0 Å². The van der Waals surface area contributed by atoms with E-state index in [1.54, 1.807) is 12.3 Å². The third-order valence-corrected chi connectivity index (χ3v) is 2.61. The molecule has 0 fully saturated rings. The lowest BCUT2D eigenvalue weighted by Crippen LogP contribution is -2.22. The highest BCUT2D eigenvalue weighted by Crippen LogP contribution is 2.25. The maximum atomic E-state index is 12.2. The van der Waals surface area contributed by atoms with Gasteiger partial charge in [0.05, 0.1) is 5.69 Å². The molecule has 7 heteroatoms. The van der Waals surface area contributed by atoms with E-state index in [0.717, 1.165) is 5.69 Å². The Balaban J connectivity index is 2.37. The molecule has 0 saturated heterocycles. The van der Waals surface area contributed by atoms with Gasteiger partial charge < -0.3 is 5.32 Å². The first kappa shape index (κ1) is 13.6. The fourth-order valence-corrected chi connectivity index (χ4v) is 1.61. The summed E-state index contributed by atoms with van der Waals surface area (Å²) in [6.07, 6.45) is -1.24. The molecular weight excluding hydrogens is 257 g/mol. The summed E-state index contributed by atoms with van der Waals surface area (Å²) in [5.74, 6) is 0.183. The largest absolute Gasteiger partial charge is 0.405 e. The van der Waals surface area contributed by atoms with Crippen molar-refractivity contribution in [2.75, 3.05) is 11.9 Å². The molecular formula is C12H15F3N4. The minimum Gasteiger partial charge on any atom is -0.359 e. The van der Waals surface area contributed by atoms with E-state index in [2.05, 4.69) is 15.4 Å². The van der Waals surface area contributed by atoms with Crippen molar-refractivity contribution in [3.63, 3.8) is 0 Å². The van der Waals surface area contributed by atoms with Crippen LogP contribution in [0, 0.1) is 0 Å². The maximum absolute atomic E-state index is 12.2. The predicted octanol–water partition coefficient (Wildman–Crippen LogP) is 3.00. The Labute approximate surface area is 108 Å². The summed E-state index contributed by atoms with van der Waals surface area (Å²) in [6.45, 7) is 4.86. The fraction of sp³-hybridized carbons (Fsp3) is 0.500. The summed E-state index contributed by atoms with van der Waals surface area (Å²) >= 11 is 0. The molecule has 2 rings (SSSR count). The average Bonchev–Trinajstić information content (AvgIpc) is 2.68. The van der Waals surface area contributed by atoms with Crippen LogP contribution in [0.2, 0.25) is 0 Å². The van der Waals surface area contributed by atoms with Crippen molar-refractivity contribution in [3.05, 3.63) is 24.2 Å². The van der Waals surface area contributed by atoms with Crippen LogP contribution in [0.25, 0.3) is 5.52 Å². The molecule has 0 atom stereocenters. The number of alkyl halides is 3. The molecule has 0 saturated carbocycles. The van der Waals surface area contributed by atoms with Gasteiger partial charge in [-0.1, -0.05) is 20.8 Å². The van der Waals surface area contributed by atoms with E-state index in [9.17, 15) is 13.2 Å². The first-order valence-electron chi connectivity index (χ1n) is 5.82. The molecule has 104 valence electrons. The number of aromatic nitrogens is 3. The maximum Gasteiger partial charge on any atom is 0.405 e. The molecule has 2 aromatic rings. The van der Waals surface area contributed by atoms with E-state index in [-0.39, 0.29) is 11.2 Å². The molecule has 0 aromatic carbocycles. The van der Waals surface area contributed by atoms with Crippen molar-refractivity contribution in [1.82, 2.24) is 14.6 Å². The second kappa shape index (κ2) is 4.40.